The van der Waals surface area contributed by atoms with Gasteiger partial charge >= 0.3 is 0 Å². The molecule has 3 nitrogen and oxygen atoms in total. The lowest BCUT2D eigenvalue weighted by molar-refractivity contribution is 0.245. The molecule has 1 unspecified atom stereocenters. The molecular weight excluding hydrogens is 198 g/mol. The van der Waals surface area contributed by atoms with Crippen LogP contribution in [0, 0.1) is 0 Å². The molecule has 0 aliphatic rings. The van der Waals surface area contributed by atoms with Crippen LogP contribution in [0.15, 0.2) is 24.3 Å². The third-order valence-electron chi connectivity index (χ3n) is 2.66. The van der Waals surface area contributed by atoms with Gasteiger partial charge < -0.3 is 5.73 Å². The van der Waals surface area contributed by atoms with Crippen LogP contribution in [0.1, 0.15) is 36.9 Å². The van der Waals surface area contributed by atoms with Crippen LogP contribution in [0.25, 0.3) is 0 Å². The Morgan fingerprint density at radius 2 is 1.62 bits per heavy atom. The fourth-order valence-corrected chi connectivity index (χ4v) is 1.69. The van der Waals surface area contributed by atoms with Gasteiger partial charge in [-0.15, -0.1) is 0 Å². The standard InChI is InChI=1S/C13H23N3/c1-10(2)11-5-7-12(8-6-11)13(9-14)15-16(3)4/h5-8,10,13,15H,9,14H2,1-4H3. The molecule has 3 N–H and O–H groups in total. The summed E-state index contributed by atoms with van der Waals surface area (Å²) in [6.07, 6.45) is 0. The minimum atomic E-state index is 0.191. The van der Waals surface area contributed by atoms with E-state index in [1.165, 1.54) is 11.1 Å². The van der Waals surface area contributed by atoms with Gasteiger partial charge in [-0.1, -0.05) is 38.1 Å². The fraction of sp³-hybridized carbons (Fsp3) is 0.538. The number of hydrogen-bond donors (Lipinski definition) is 2. The van der Waals surface area contributed by atoms with Crippen LogP contribution in [-0.2, 0) is 0 Å². The highest BCUT2D eigenvalue weighted by Gasteiger charge is 2.10. The van der Waals surface area contributed by atoms with E-state index < -0.39 is 0 Å². The zero-order valence-electron chi connectivity index (χ0n) is 10.7. The monoisotopic (exact) mass is 221 g/mol. The lowest BCUT2D eigenvalue weighted by Gasteiger charge is -2.22. The summed E-state index contributed by atoms with van der Waals surface area (Å²) in [5.74, 6) is 0.576. The van der Waals surface area contributed by atoms with Crippen molar-refractivity contribution in [1.29, 1.82) is 0 Å². The van der Waals surface area contributed by atoms with Crippen molar-refractivity contribution < 1.29 is 0 Å². The number of nitrogens with two attached hydrogens (primary N) is 1. The predicted molar refractivity (Wildman–Crippen MR) is 69.1 cm³/mol. The maximum absolute atomic E-state index is 5.76. The van der Waals surface area contributed by atoms with Crippen molar-refractivity contribution in [3.8, 4) is 0 Å². The molecule has 0 heterocycles. The molecule has 0 saturated carbocycles. The van der Waals surface area contributed by atoms with Crippen molar-refractivity contribution in [2.24, 2.45) is 5.73 Å². The van der Waals surface area contributed by atoms with Gasteiger partial charge in [-0.3, -0.25) is 0 Å². The largest absolute Gasteiger partial charge is 0.329 e. The van der Waals surface area contributed by atoms with E-state index in [0.717, 1.165) is 0 Å². The second-order valence-electron chi connectivity index (χ2n) is 4.63. The minimum absolute atomic E-state index is 0.191. The summed E-state index contributed by atoms with van der Waals surface area (Å²) in [5, 5.41) is 1.94. The first-order chi connectivity index (χ1) is 7.54. The number of hydrazine groups is 1. The summed E-state index contributed by atoms with van der Waals surface area (Å²) >= 11 is 0. The van der Waals surface area contributed by atoms with Gasteiger partial charge in [-0.25, -0.2) is 10.4 Å². The highest BCUT2D eigenvalue weighted by Crippen LogP contribution is 2.18. The Bertz CT molecular complexity index is 303. The molecular formula is C13H23N3. The third-order valence-corrected chi connectivity index (χ3v) is 2.66. The van der Waals surface area contributed by atoms with Gasteiger partial charge in [0, 0.05) is 20.6 Å². The van der Waals surface area contributed by atoms with Crippen LogP contribution in [0.4, 0.5) is 0 Å². The second-order valence-corrected chi connectivity index (χ2v) is 4.63. The van der Waals surface area contributed by atoms with Gasteiger partial charge in [0.1, 0.15) is 0 Å². The topological polar surface area (TPSA) is 41.3 Å². The summed E-state index contributed by atoms with van der Waals surface area (Å²) in [6, 6.07) is 8.86. The maximum atomic E-state index is 5.76. The molecule has 0 aliphatic carbocycles. The molecule has 3 heteroatoms. The first-order valence-corrected chi connectivity index (χ1v) is 5.78. The van der Waals surface area contributed by atoms with E-state index in [1.54, 1.807) is 0 Å². The van der Waals surface area contributed by atoms with E-state index in [-0.39, 0.29) is 6.04 Å². The first kappa shape index (κ1) is 13.2. The minimum Gasteiger partial charge on any atom is -0.329 e. The normalized spacial score (nSPS) is 13.4. The number of nitrogens with zero attached hydrogens (tertiary/aromatic N) is 1. The Hall–Kier alpha value is -0.900. The molecule has 0 aromatic heterocycles. The zero-order chi connectivity index (χ0) is 12.1. The van der Waals surface area contributed by atoms with Crippen molar-refractivity contribution >= 4 is 0 Å². The fourth-order valence-electron chi connectivity index (χ4n) is 1.69. The number of benzene rings is 1. The van der Waals surface area contributed by atoms with Crippen molar-refractivity contribution in [3.63, 3.8) is 0 Å². The van der Waals surface area contributed by atoms with Crippen molar-refractivity contribution in [2.45, 2.75) is 25.8 Å². The van der Waals surface area contributed by atoms with Crippen LogP contribution in [-0.4, -0.2) is 25.6 Å². The Labute approximate surface area is 98.6 Å². The van der Waals surface area contributed by atoms with Crippen molar-refractivity contribution in [3.05, 3.63) is 35.4 Å². The highest BCUT2D eigenvalue weighted by atomic mass is 15.5. The third kappa shape index (κ3) is 3.59. The number of nitrogens with one attached hydrogen (secondary N) is 1. The molecule has 0 aliphatic heterocycles. The molecule has 16 heavy (non-hydrogen) atoms. The second kappa shape index (κ2) is 5.99. The van der Waals surface area contributed by atoms with E-state index in [0.29, 0.717) is 12.5 Å². The lowest BCUT2D eigenvalue weighted by atomic mass is 9.99. The van der Waals surface area contributed by atoms with Gasteiger partial charge in [0.2, 0.25) is 0 Å². The SMILES string of the molecule is CC(C)c1ccc(C(CN)NN(C)C)cc1. The average Bonchev–Trinajstić information content (AvgIpc) is 2.25. The molecule has 0 radical (unpaired) electrons. The molecule has 0 spiro atoms. The van der Waals surface area contributed by atoms with E-state index >= 15 is 0 Å². The van der Waals surface area contributed by atoms with Crippen molar-refractivity contribution in [2.75, 3.05) is 20.6 Å². The van der Waals surface area contributed by atoms with Gasteiger partial charge in [-0.05, 0) is 17.0 Å². The summed E-state index contributed by atoms with van der Waals surface area (Å²) in [5.41, 5.74) is 11.7. The van der Waals surface area contributed by atoms with Crippen molar-refractivity contribution in [1.82, 2.24) is 10.4 Å². The van der Waals surface area contributed by atoms with Crippen LogP contribution in [0.3, 0.4) is 0 Å². The molecule has 90 valence electrons. The van der Waals surface area contributed by atoms with Crippen LogP contribution < -0.4 is 11.2 Å². The molecule has 0 saturated heterocycles. The Morgan fingerprint density at radius 3 is 2.00 bits per heavy atom. The molecule has 0 bridgehead atoms. The Balaban J connectivity index is 2.78. The van der Waals surface area contributed by atoms with Crippen LogP contribution in [0.5, 0.6) is 0 Å². The smallest absolute Gasteiger partial charge is 0.0586 e. The zero-order valence-corrected chi connectivity index (χ0v) is 10.7. The highest BCUT2D eigenvalue weighted by molar-refractivity contribution is 5.26. The van der Waals surface area contributed by atoms with Gasteiger partial charge in [-0.2, -0.15) is 0 Å². The summed E-state index contributed by atoms with van der Waals surface area (Å²) in [7, 11) is 3.95. The molecule has 1 aromatic carbocycles. The number of rotatable bonds is 5. The quantitative estimate of drug-likeness (QED) is 0.746. The summed E-state index contributed by atoms with van der Waals surface area (Å²) in [4.78, 5) is 0. The maximum Gasteiger partial charge on any atom is 0.0586 e. The Kier molecular flexibility index (Phi) is 4.93. The number of hydrogen-bond acceptors (Lipinski definition) is 3. The molecule has 0 amide bonds. The molecule has 1 atom stereocenters. The Morgan fingerprint density at radius 1 is 1.12 bits per heavy atom. The van der Waals surface area contributed by atoms with Crippen LogP contribution >= 0.6 is 0 Å². The predicted octanol–water partition coefficient (Wildman–Crippen LogP) is 1.88. The van der Waals surface area contributed by atoms with E-state index in [1.807, 2.05) is 19.1 Å². The van der Waals surface area contributed by atoms with Gasteiger partial charge in [0.15, 0.2) is 0 Å². The van der Waals surface area contributed by atoms with Gasteiger partial charge in [0.05, 0.1) is 6.04 Å². The summed E-state index contributed by atoms with van der Waals surface area (Å²) in [6.45, 7) is 5.00. The molecule has 0 fully saturated rings. The van der Waals surface area contributed by atoms with Gasteiger partial charge in [0.25, 0.3) is 0 Å². The van der Waals surface area contributed by atoms with E-state index in [2.05, 4.69) is 43.5 Å². The average molecular weight is 221 g/mol. The molecule has 1 rings (SSSR count). The van der Waals surface area contributed by atoms with Crippen LogP contribution in [0.2, 0.25) is 0 Å². The summed E-state index contributed by atoms with van der Waals surface area (Å²) < 4.78 is 0. The lowest BCUT2D eigenvalue weighted by Crippen LogP contribution is -2.37. The molecule has 1 aromatic rings. The van der Waals surface area contributed by atoms with E-state index in [9.17, 15) is 0 Å². The first-order valence-electron chi connectivity index (χ1n) is 5.78. The van der Waals surface area contributed by atoms with E-state index in [4.69, 9.17) is 5.73 Å².